The molecule has 0 radical (unpaired) electrons. The minimum atomic E-state index is -2.42. The number of hydrogen-bond acceptors (Lipinski definition) is 2. The lowest BCUT2D eigenvalue weighted by molar-refractivity contribution is 0.111. The second-order valence-electron chi connectivity index (χ2n) is 2.40. The average Bonchev–Trinajstić information content (AvgIpc) is 2.29. The first kappa shape index (κ1) is 8.83. The predicted molar refractivity (Wildman–Crippen MR) is 38.3 cm³/mol. The van der Waals surface area contributed by atoms with Crippen LogP contribution < -0.4 is 0 Å². The summed E-state index contributed by atoms with van der Waals surface area (Å²) in [6, 6.07) is 1.36. The van der Waals surface area contributed by atoms with Crippen LogP contribution in [0.1, 0.15) is 16.2 Å². The fourth-order valence-electron chi connectivity index (χ4n) is 0.912. The molecule has 0 unspecified atom stereocenters. The number of nitrogens with zero attached hydrogens (tertiary/aromatic N) is 2. The highest BCUT2D eigenvalue weighted by molar-refractivity contribution is 5.72. The van der Waals surface area contributed by atoms with Crippen LogP contribution in [-0.4, -0.2) is 22.5 Å². The van der Waals surface area contributed by atoms with Crippen LogP contribution in [0.5, 0.6) is 0 Å². The van der Waals surface area contributed by atoms with Gasteiger partial charge in [-0.3, -0.25) is 9.48 Å². The van der Waals surface area contributed by atoms with Gasteiger partial charge in [-0.1, -0.05) is 0 Å². The monoisotopic (exact) mass is 174 g/mol. The van der Waals surface area contributed by atoms with Crippen LogP contribution in [0.2, 0.25) is 0 Å². The van der Waals surface area contributed by atoms with Crippen molar-refractivity contribution in [2.24, 2.45) is 7.05 Å². The summed E-state index contributed by atoms with van der Waals surface area (Å²) in [5.41, 5.74) is 0.556. The highest BCUT2D eigenvalue weighted by atomic mass is 19.3. The average molecular weight is 174 g/mol. The molecule has 0 N–H and O–H groups in total. The fraction of sp³-hybridized carbons (Fsp3) is 0.429. The summed E-state index contributed by atoms with van der Waals surface area (Å²) in [5, 5.41) is 3.73. The Morgan fingerprint density at radius 1 is 1.75 bits per heavy atom. The molecule has 0 aliphatic rings. The minimum Gasteiger partial charge on any atom is -0.296 e. The van der Waals surface area contributed by atoms with Gasteiger partial charge in [-0.25, -0.2) is 8.78 Å². The van der Waals surface area contributed by atoms with E-state index in [2.05, 4.69) is 5.10 Å². The van der Waals surface area contributed by atoms with Gasteiger partial charge in [0.25, 0.3) is 0 Å². The maximum atomic E-state index is 11.8. The van der Waals surface area contributed by atoms with Crippen molar-refractivity contribution in [2.45, 2.75) is 12.8 Å². The van der Waals surface area contributed by atoms with E-state index in [4.69, 9.17) is 0 Å². The first-order valence-electron chi connectivity index (χ1n) is 3.39. The number of rotatable bonds is 3. The van der Waals surface area contributed by atoms with Gasteiger partial charge in [0.15, 0.2) is 6.29 Å². The highest BCUT2D eigenvalue weighted by Gasteiger charge is 2.09. The van der Waals surface area contributed by atoms with Crippen molar-refractivity contribution < 1.29 is 13.6 Å². The summed E-state index contributed by atoms with van der Waals surface area (Å²) < 4.78 is 24.9. The standard InChI is InChI=1S/C7H8F2N2O/c1-11-6(4-12)2-5(10-11)3-7(8)9/h2,4,7H,3H2,1H3. The molecule has 0 fully saturated rings. The number of aryl methyl sites for hydroxylation is 1. The molecule has 1 aromatic heterocycles. The molecule has 0 saturated carbocycles. The van der Waals surface area contributed by atoms with E-state index in [0.29, 0.717) is 12.0 Å². The third kappa shape index (κ3) is 1.87. The number of carbonyl (C=O) groups excluding carboxylic acids is 1. The number of alkyl halides is 2. The normalized spacial score (nSPS) is 10.7. The van der Waals surface area contributed by atoms with E-state index in [1.54, 1.807) is 7.05 Å². The van der Waals surface area contributed by atoms with E-state index in [-0.39, 0.29) is 5.69 Å². The molecule has 1 rings (SSSR count). The van der Waals surface area contributed by atoms with Crippen LogP contribution in [0.4, 0.5) is 8.78 Å². The molecular weight excluding hydrogens is 166 g/mol. The molecule has 0 aliphatic carbocycles. The predicted octanol–water partition coefficient (Wildman–Crippen LogP) is 1.04. The molecular formula is C7H8F2N2O. The quantitative estimate of drug-likeness (QED) is 0.642. The Kier molecular flexibility index (Phi) is 2.52. The molecule has 0 aromatic carbocycles. The lowest BCUT2D eigenvalue weighted by Gasteiger charge is -1.92. The zero-order valence-electron chi connectivity index (χ0n) is 6.50. The van der Waals surface area contributed by atoms with Gasteiger partial charge in [-0.15, -0.1) is 0 Å². The Morgan fingerprint density at radius 2 is 2.42 bits per heavy atom. The lowest BCUT2D eigenvalue weighted by Crippen LogP contribution is -1.99. The number of aromatic nitrogens is 2. The summed E-state index contributed by atoms with van der Waals surface area (Å²) in [4.78, 5) is 10.3. The lowest BCUT2D eigenvalue weighted by atomic mass is 10.3. The molecule has 0 amide bonds. The molecule has 66 valence electrons. The van der Waals surface area contributed by atoms with Gasteiger partial charge < -0.3 is 0 Å². The van der Waals surface area contributed by atoms with Gasteiger partial charge >= 0.3 is 0 Å². The van der Waals surface area contributed by atoms with Crippen molar-refractivity contribution in [3.8, 4) is 0 Å². The van der Waals surface area contributed by atoms with Crippen molar-refractivity contribution in [2.75, 3.05) is 0 Å². The zero-order valence-corrected chi connectivity index (χ0v) is 6.50. The Hall–Kier alpha value is -1.26. The third-order valence-electron chi connectivity index (χ3n) is 1.45. The second-order valence-corrected chi connectivity index (χ2v) is 2.40. The summed E-state index contributed by atoms with van der Waals surface area (Å²) >= 11 is 0. The van der Waals surface area contributed by atoms with Crippen molar-refractivity contribution in [3.05, 3.63) is 17.5 Å². The van der Waals surface area contributed by atoms with E-state index in [1.165, 1.54) is 10.7 Å². The van der Waals surface area contributed by atoms with Crippen LogP contribution in [0, 0.1) is 0 Å². The van der Waals surface area contributed by atoms with Crippen molar-refractivity contribution in [3.63, 3.8) is 0 Å². The Labute approximate surface area is 68.0 Å². The molecule has 0 atom stereocenters. The van der Waals surface area contributed by atoms with E-state index in [0.717, 1.165) is 0 Å². The summed E-state index contributed by atoms with van der Waals surface area (Å²) in [6.45, 7) is 0. The first-order valence-corrected chi connectivity index (χ1v) is 3.39. The Bertz CT molecular complexity index is 283. The van der Waals surface area contributed by atoms with E-state index in [9.17, 15) is 13.6 Å². The van der Waals surface area contributed by atoms with Gasteiger partial charge in [-0.2, -0.15) is 5.10 Å². The third-order valence-corrected chi connectivity index (χ3v) is 1.45. The van der Waals surface area contributed by atoms with Crippen molar-refractivity contribution in [1.82, 2.24) is 9.78 Å². The molecule has 0 bridgehead atoms. The maximum absolute atomic E-state index is 11.8. The van der Waals surface area contributed by atoms with Gasteiger partial charge in [0.2, 0.25) is 6.43 Å². The highest BCUT2D eigenvalue weighted by Crippen LogP contribution is 2.06. The zero-order chi connectivity index (χ0) is 9.14. The maximum Gasteiger partial charge on any atom is 0.244 e. The molecule has 0 spiro atoms. The molecule has 0 aliphatic heterocycles. The molecule has 1 heterocycles. The number of carbonyl (C=O) groups is 1. The van der Waals surface area contributed by atoms with Gasteiger partial charge in [0, 0.05) is 7.05 Å². The molecule has 0 saturated heterocycles. The van der Waals surface area contributed by atoms with Crippen LogP contribution >= 0.6 is 0 Å². The van der Waals surface area contributed by atoms with Crippen LogP contribution in [0.15, 0.2) is 6.07 Å². The minimum absolute atomic E-state index is 0.245. The van der Waals surface area contributed by atoms with Crippen molar-refractivity contribution >= 4 is 6.29 Å². The fourth-order valence-corrected chi connectivity index (χ4v) is 0.912. The van der Waals surface area contributed by atoms with E-state index < -0.39 is 12.8 Å². The van der Waals surface area contributed by atoms with Gasteiger partial charge in [0.05, 0.1) is 12.1 Å². The topological polar surface area (TPSA) is 34.9 Å². The molecule has 5 heteroatoms. The number of aldehydes is 1. The van der Waals surface area contributed by atoms with E-state index in [1.807, 2.05) is 0 Å². The summed E-state index contributed by atoms with van der Waals surface area (Å²) in [5.74, 6) is 0. The summed E-state index contributed by atoms with van der Waals surface area (Å²) in [7, 11) is 1.54. The number of halogens is 2. The van der Waals surface area contributed by atoms with Gasteiger partial charge in [-0.05, 0) is 6.07 Å². The molecule has 3 nitrogen and oxygen atoms in total. The SMILES string of the molecule is Cn1nc(CC(F)F)cc1C=O. The first-order chi connectivity index (χ1) is 5.63. The summed E-state index contributed by atoms with van der Waals surface area (Å²) in [6.07, 6.45) is -2.23. The molecule has 1 aromatic rings. The Morgan fingerprint density at radius 3 is 2.83 bits per heavy atom. The smallest absolute Gasteiger partial charge is 0.244 e. The Balaban J connectivity index is 2.82. The largest absolute Gasteiger partial charge is 0.296 e. The van der Waals surface area contributed by atoms with E-state index >= 15 is 0 Å². The van der Waals surface area contributed by atoms with Gasteiger partial charge in [0.1, 0.15) is 5.69 Å². The molecule has 12 heavy (non-hydrogen) atoms. The van der Waals surface area contributed by atoms with Crippen molar-refractivity contribution in [1.29, 1.82) is 0 Å². The second kappa shape index (κ2) is 3.42. The van der Waals surface area contributed by atoms with Crippen LogP contribution in [0.25, 0.3) is 0 Å². The van der Waals surface area contributed by atoms with Crippen LogP contribution in [-0.2, 0) is 13.5 Å². The number of hydrogen-bond donors (Lipinski definition) is 0. The van der Waals surface area contributed by atoms with Crippen LogP contribution in [0.3, 0.4) is 0 Å².